The van der Waals surface area contributed by atoms with Gasteiger partial charge in [-0.15, -0.1) is 0 Å². The van der Waals surface area contributed by atoms with Crippen LogP contribution in [-0.4, -0.2) is 45.5 Å². The summed E-state index contributed by atoms with van der Waals surface area (Å²) in [7, 11) is -3.70. The van der Waals surface area contributed by atoms with E-state index in [9.17, 15) is 13.2 Å². The minimum absolute atomic E-state index is 0.112. The van der Waals surface area contributed by atoms with E-state index in [1.165, 1.54) is 12.1 Å². The van der Waals surface area contributed by atoms with E-state index in [2.05, 4.69) is 4.72 Å². The molecule has 1 heterocycles. The summed E-state index contributed by atoms with van der Waals surface area (Å²) in [5.41, 5.74) is 1.85. The maximum atomic E-state index is 12.5. The molecule has 6 nitrogen and oxygen atoms in total. The number of amides is 1. The summed E-state index contributed by atoms with van der Waals surface area (Å²) < 4.78 is 32.8. The Morgan fingerprint density at radius 1 is 1.04 bits per heavy atom. The normalized spacial score (nSPS) is 15.0. The average molecular weight is 360 g/mol. The third-order valence-electron chi connectivity index (χ3n) is 4.10. The first-order valence-electron chi connectivity index (χ1n) is 8.03. The van der Waals surface area contributed by atoms with Gasteiger partial charge in [0.2, 0.25) is 0 Å². The number of rotatable bonds is 4. The van der Waals surface area contributed by atoms with E-state index in [0.717, 1.165) is 5.56 Å². The zero-order valence-electron chi connectivity index (χ0n) is 13.9. The minimum atomic E-state index is -3.70. The highest BCUT2D eigenvalue weighted by Crippen LogP contribution is 2.20. The van der Waals surface area contributed by atoms with Gasteiger partial charge in [0, 0.05) is 18.7 Å². The van der Waals surface area contributed by atoms with Gasteiger partial charge < -0.3 is 9.64 Å². The van der Waals surface area contributed by atoms with Gasteiger partial charge in [-0.05, 0) is 42.8 Å². The molecule has 7 heteroatoms. The Kier molecular flexibility index (Phi) is 5.06. The molecule has 1 aliphatic rings. The maximum Gasteiger partial charge on any atom is 0.261 e. The van der Waals surface area contributed by atoms with Crippen LogP contribution in [0.15, 0.2) is 53.4 Å². The van der Waals surface area contributed by atoms with Crippen molar-refractivity contribution in [3.8, 4) is 0 Å². The van der Waals surface area contributed by atoms with Gasteiger partial charge in [0.05, 0.1) is 23.8 Å². The van der Waals surface area contributed by atoms with Crippen LogP contribution in [0.5, 0.6) is 0 Å². The Labute approximate surface area is 147 Å². The summed E-state index contributed by atoms with van der Waals surface area (Å²) in [5.74, 6) is -0.112. The quantitative estimate of drug-likeness (QED) is 0.907. The van der Waals surface area contributed by atoms with Crippen LogP contribution < -0.4 is 4.72 Å². The molecule has 1 N–H and O–H groups in total. The highest BCUT2D eigenvalue weighted by atomic mass is 32.2. The Morgan fingerprint density at radius 3 is 2.32 bits per heavy atom. The number of anilines is 1. The molecule has 25 heavy (non-hydrogen) atoms. The largest absolute Gasteiger partial charge is 0.378 e. The number of hydrogen-bond acceptors (Lipinski definition) is 4. The molecule has 1 amide bonds. The smallest absolute Gasteiger partial charge is 0.261 e. The van der Waals surface area contributed by atoms with Gasteiger partial charge in [-0.1, -0.05) is 18.2 Å². The van der Waals surface area contributed by atoms with Crippen LogP contribution in [0.1, 0.15) is 15.9 Å². The number of aryl methyl sites for hydroxylation is 1. The fraction of sp³-hybridized carbons (Fsp3) is 0.278. The standard InChI is InChI=1S/C18H20N2O4S/c1-14-4-2-3-5-17(14)19-25(22,23)16-8-6-15(7-9-16)18(21)20-10-12-24-13-11-20/h2-9,19H,10-13H2,1H3. The van der Waals surface area contributed by atoms with Gasteiger partial charge in [-0.2, -0.15) is 0 Å². The van der Waals surface area contributed by atoms with Gasteiger partial charge in [-0.25, -0.2) is 8.42 Å². The molecule has 1 fully saturated rings. The number of carbonyl (C=O) groups excluding carboxylic acids is 1. The summed E-state index contributed by atoms with van der Waals surface area (Å²) in [5, 5.41) is 0. The highest BCUT2D eigenvalue weighted by molar-refractivity contribution is 7.92. The lowest BCUT2D eigenvalue weighted by atomic mass is 10.2. The van der Waals surface area contributed by atoms with Crippen molar-refractivity contribution >= 4 is 21.6 Å². The molecule has 3 rings (SSSR count). The second-order valence-electron chi connectivity index (χ2n) is 5.85. The van der Waals surface area contributed by atoms with Crippen molar-refractivity contribution in [3.05, 3.63) is 59.7 Å². The fourth-order valence-corrected chi connectivity index (χ4v) is 3.75. The molecular formula is C18H20N2O4S. The minimum Gasteiger partial charge on any atom is -0.378 e. The van der Waals surface area contributed by atoms with E-state index in [0.29, 0.717) is 37.6 Å². The van der Waals surface area contributed by atoms with E-state index >= 15 is 0 Å². The summed E-state index contributed by atoms with van der Waals surface area (Å²) in [6.07, 6.45) is 0. The van der Waals surface area contributed by atoms with Crippen LogP contribution in [0, 0.1) is 6.92 Å². The Balaban J connectivity index is 1.77. The van der Waals surface area contributed by atoms with E-state index in [1.54, 1.807) is 29.2 Å². The number of nitrogens with one attached hydrogen (secondary N) is 1. The van der Waals surface area contributed by atoms with Crippen molar-refractivity contribution in [1.29, 1.82) is 0 Å². The lowest BCUT2D eigenvalue weighted by Crippen LogP contribution is -2.40. The van der Waals surface area contributed by atoms with Crippen LogP contribution in [0.4, 0.5) is 5.69 Å². The summed E-state index contributed by atoms with van der Waals surface area (Å²) in [6, 6.07) is 13.2. The summed E-state index contributed by atoms with van der Waals surface area (Å²) >= 11 is 0. The van der Waals surface area contributed by atoms with Crippen molar-refractivity contribution in [2.24, 2.45) is 0 Å². The number of morpholine rings is 1. The summed E-state index contributed by atoms with van der Waals surface area (Å²) in [6.45, 7) is 3.99. The van der Waals surface area contributed by atoms with Crippen molar-refractivity contribution < 1.29 is 17.9 Å². The topological polar surface area (TPSA) is 75.7 Å². The molecule has 1 saturated heterocycles. The Hall–Kier alpha value is -2.38. The molecule has 1 aliphatic heterocycles. The highest BCUT2D eigenvalue weighted by Gasteiger charge is 2.20. The molecule has 132 valence electrons. The summed E-state index contributed by atoms with van der Waals surface area (Å²) in [4.78, 5) is 14.2. The van der Waals surface area contributed by atoms with Crippen LogP contribution in [-0.2, 0) is 14.8 Å². The molecule has 0 bridgehead atoms. The zero-order chi connectivity index (χ0) is 17.9. The lowest BCUT2D eigenvalue weighted by Gasteiger charge is -2.26. The predicted octanol–water partition coefficient (Wildman–Crippen LogP) is 2.27. The van der Waals surface area contributed by atoms with E-state index in [4.69, 9.17) is 4.74 Å². The lowest BCUT2D eigenvalue weighted by molar-refractivity contribution is 0.0303. The number of ether oxygens (including phenoxy) is 1. The first-order chi connectivity index (χ1) is 12.0. The van der Waals surface area contributed by atoms with Gasteiger partial charge in [0.1, 0.15) is 0 Å². The maximum absolute atomic E-state index is 12.5. The number of carbonyl (C=O) groups is 1. The van der Waals surface area contributed by atoms with Crippen LogP contribution in [0.3, 0.4) is 0 Å². The van der Waals surface area contributed by atoms with Crippen LogP contribution >= 0.6 is 0 Å². The molecule has 0 radical (unpaired) electrons. The second-order valence-corrected chi connectivity index (χ2v) is 7.53. The van der Waals surface area contributed by atoms with Gasteiger partial charge in [0.15, 0.2) is 0 Å². The first-order valence-corrected chi connectivity index (χ1v) is 9.51. The van der Waals surface area contributed by atoms with Crippen LogP contribution in [0.2, 0.25) is 0 Å². The van der Waals surface area contributed by atoms with Gasteiger partial charge in [0.25, 0.3) is 15.9 Å². The fourth-order valence-electron chi connectivity index (χ4n) is 2.62. The van der Waals surface area contributed by atoms with Crippen molar-refractivity contribution in [2.75, 3.05) is 31.0 Å². The predicted molar refractivity (Wildman–Crippen MR) is 95.2 cm³/mol. The van der Waals surface area contributed by atoms with Gasteiger partial charge >= 0.3 is 0 Å². The number of nitrogens with zero attached hydrogens (tertiary/aromatic N) is 1. The number of benzene rings is 2. The molecule has 0 atom stereocenters. The molecule has 0 aromatic heterocycles. The van der Waals surface area contributed by atoms with E-state index in [1.807, 2.05) is 19.1 Å². The Morgan fingerprint density at radius 2 is 1.68 bits per heavy atom. The zero-order valence-corrected chi connectivity index (χ0v) is 14.8. The molecule has 2 aromatic carbocycles. The molecule has 2 aromatic rings. The monoisotopic (exact) mass is 360 g/mol. The average Bonchev–Trinajstić information content (AvgIpc) is 2.64. The van der Waals surface area contributed by atoms with E-state index in [-0.39, 0.29) is 10.8 Å². The van der Waals surface area contributed by atoms with Crippen molar-refractivity contribution in [2.45, 2.75) is 11.8 Å². The van der Waals surface area contributed by atoms with Gasteiger partial charge in [-0.3, -0.25) is 9.52 Å². The number of para-hydroxylation sites is 1. The van der Waals surface area contributed by atoms with Crippen molar-refractivity contribution in [3.63, 3.8) is 0 Å². The second kappa shape index (κ2) is 7.25. The SMILES string of the molecule is Cc1ccccc1NS(=O)(=O)c1ccc(C(=O)N2CCOCC2)cc1. The number of hydrogen-bond donors (Lipinski definition) is 1. The van der Waals surface area contributed by atoms with E-state index < -0.39 is 10.0 Å². The first kappa shape index (κ1) is 17.4. The third-order valence-corrected chi connectivity index (χ3v) is 5.48. The molecule has 0 saturated carbocycles. The third kappa shape index (κ3) is 4.00. The number of sulfonamides is 1. The molecule has 0 aliphatic carbocycles. The Bertz CT molecular complexity index is 857. The molecule has 0 unspecified atom stereocenters. The molecular weight excluding hydrogens is 340 g/mol. The molecule has 0 spiro atoms. The van der Waals surface area contributed by atoms with Crippen molar-refractivity contribution in [1.82, 2.24) is 4.90 Å². The van der Waals surface area contributed by atoms with Crippen LogP contribution in [0.25, 0.3) is 0 Å².